The minimum Gasteiger partial charge on any atom is -0.425 e. The summed E-state index contributed by atoms with van der Waals surface area (Å²) in [5, 5.41) is 5.06. The van der Waals surface area contributed by atoms with Crippen molar-refractivity contribution in [3.63, 3.8) is 0 Å². The molecule has 3 aliphatic rings. The van der Waals surface area contributed by atoms with E-state index >= 15 is 0 Å². The maximum Gasteiger partial charge on any atom is 0.330 e. The summed E-state index contributed by atoms with van der Waals surface area (Å²) in [6, 6.07) is 3.40. The smallest absolute Gasteiger partial charge is 0.330 e. The number of aryl methyl sites for hydroxylation is 1. The van der Waals surface area contributed by atoms with Crippen LogP contribution in [0.5, 0.6) is 5.75 Å². The average molecular weight is 540 g/mol. The Balaban J connectivity index is 1.37. The van der Waals surface area contributed by atoms with Crippen molar-refractivity contribution in [1.29, 1.82) is 0 Å². The number of nitrogens with two attached hydrogens (primary N) is 1. The number of esters is 1. The zero-order valence-corrected chi connectivity index (χ0v) is 24.9. The second-order valence-electron chi connectivity index (χ2n) is 13.6. The molecule has 2 saturated carbocycles. The summed E-state index contributed by atoms with van der Waals surface area (Å²) in [5.74, 6) is 0.520. The van der Waals surface area contributed by atoms with Gasteiger partial charge in [0, 0.05) is 0 Å². The largest absolute Gasteiger partial charge is 0.425 e. The molecule has 1 aromatic rings. The van der Waals surface area contributed by atoms with Crippen molar-refractivity contribution in [3.8, 4) is 5.75 Å². The van der Waals surface area contributed by atoms with Gasteiger partial charge in [-0.15, -0.1) is 0 Å². The summed E-state index contributed by atoms with van der Waals surface area (Å²) in [6.45, 7) is 13.6. The molecular weight excluding hydrogens is 490 g/mol. The van der Waals surface area contributed by atoms with Gasteiger partial charge in [-0.2, -0.15) is 0 Å². The number of unbranched alkanes of at least 4 members (excludes halogenated alkanes) is 1. The quantitative estimate of drug-likeness (QED) is 0.311. The summed E-state index contributed by atoms with van der Waals surface area (Å²) >= 11 is 0. The molecule has 0 heterocycles. The van der Waals surface area contributed by atoms with Crippen LogP contribution in [0.1, 0.15) is 103 Å². The second kappa shape index (κ2) is 11.2. The van der Waals surface area contributed by atoms with Gasteiger partial charge in [0.2, 0.25) is 11.8 Å². The van der Waals surface area contributed by atoms with E-state index in [1.807, 2.05) is 13.0 Å². The minimum absolute atomic E-state index is 0.151. The van der Waals surface area contributed by atoms with Gasteiger partial charge in [-0.3, -0.25) is 9.59 Å². The van der Waals surface area contributed by atoms with Crippen LogP contribution in [0, 0.1) is 29.6 Å². The number of carbonyl (C=O) groups is 3. The van der Waals surface area contributed by atoms with Gasteiger partial charge < -0.3 is 21.1 Å². The highest BCUT2D eigenvalue weighted by Gasteiger charge is 2.61. The number of nitrogens with one attached hydrogen (secondary N) is 2. The zero-order chi connectivity index (χ0) is 28.6. The van der Waals surface area contributed by atoms with Crippen LogP contribution < -0.4 is 21.1 Å². The number of hydrogen-bond donors (Lipinski definition) is 3. The Morgan fingerprint density at radius 2 is 1.79 bits per heavy atom. The lowest BCUT2D eigenvalue weighted by molar-refractivity contribution is -0.135. The highest BCUT2D eigenvalue weighted by molar-refractivity contribution is 5.89. The SMILES string of the molecule is CCCCC(N)C(=O)NCC(=O)NCC(=O)Oc1cc(C)c2c(c1)C[C@@H]1[C@@]3(C)CCCC(C)(C)[C@@H]3CC[C@@]21C. The van der Waals surface area contributed by atoms with E-state index in [9.17, 15) is 14.4 Å². The van der Waals surface area contributed by atoms with Crippen molar-refractivity contribution in [2.75, 3.05) is 13.1 Å². The first-order valence-corrected chi connectivity index (χ1v) is 15.0. The van der Waals surface area contributed by atoms with E-state index in [1.165, 1.54) is 48.8 Å². The van der Waals surface area contributed by atoms with E-state index in [0.29, 0.717) is 28.9 Å². The molecule has 0 aliphatic heterocycles. The molecule has 0 saturated heterocycles. The van der Waals surface area contributed by atoms with E-state index in [0.717, 1.165) is 25.2 Å². The minimum atomic E-state index is -0.630. The van der Waals surface area contributed by atoms with Crippen LogP contribution in [0.2, 0.25) is 0 Å². The van der Waals surface area contributed by atoms with Gasteiger partial charge in [0.15, 0.2) is 0 Å². The first kappa shape index (κ1) is 29.6. The molecule has 39 heavy (non-hydrogen) atoms. The molecule has 1 unspecified atom stereocenters. The van der Waals surface area contributed by atoms with Crippen molar-refractivity contribution >= 4 is 17.8 Å². The second-order valence-corrected chi connectivity index (χ2v) is 13.6. The third-order valence-corrected chi connectivity index (χ3v) is 10.5. The van der Waals surface area contributed by atoms with Crippen LogP contribution in [-0.4, -0.2) is 36.9 Å². The Kier molecular flexibility index (Phi) is 8.51. The van der Waals surface area contributed by atoms with Crippen LogP contribution in [0.3, 0.4) is 0 Å². The molecule has 0 spiro atoms. The fourth-order valence-electron chi connectivity index (χ4n) is 8.74. The average Bonchev–Trinajstić information content (AvgIpc) is 3.17. The zero-order valence-electron chi connectivity index (χ0n) is 24.9. The summed E-state index contributed by atoms with van der Waals surface area (Å²) in [5.41, 5.74) is 10.6. The van der Waals surface area contributed by atoms with Gasteiger partial charge in [-0.05, 0) is 102 Å². The van der Waals surface area contributed by atoms with Gasteiger partial charge in [-0.1, -0.05) is 53.9 Å². The number of carbonyl (C=O) groups excluding carboxylic acids is 3. The number of benzene rings is 1. The number of hydrogen-bond acceptors (Lipinski definition) is 5. The summed E-state index contributed by atoms with van der Waals surface area (Å²) in [4.78, 5) is 36.7. The van der Waals surface area contributed by atoms with E-state index in [1.54, 1.807) is 0 Å². The van der Waals surface area contributed by atoms with Gasteiger partial charge in [0.1, 0.15) is 12.3 Å². The molecule has 7 nitrogen and oxygen atoms in total. The van der Waals surface area contributed by atoms with E-state index in [2.05, 4.69) is 51.3 Å². The first-order chi connectivity index (χ1) is 18.3. The third-order valence-electron chi connectivity index (χ3n) is 10.5. The molecule has 0 radical (unpaired) electrons. The highest BCUT2D eigenvalue weighted by Crippen LogP contribution is 2.67. The molecular formula is C32H49N3O4. The van der Waals surface area contributed by atoms with Crippen molar-refractivity contribution in [2.45, 2.75) is 111 Å². The summed E-state index contributed by atoms with van der Waals surface area (Å²) in [6.07, 6.45) is 9.80. The fourth-order valence-corrected chi connectivity index (χ4v) is 8.74. The molecule has 216 valence electrons. The standard InChI is InChI=1S/C32H49N3O4/c1-7-8-10-23(33)29(38)35-18-26(36)34-19-27(37)39-22-15-20(2)28-21(16-22)17-25-31(5)13-9-12-30(3,4)24(31)11-14-32(25,28)6/h15-16,23-25H,7-14,17-19,33H2,1-6H3,(H,34,36)(H,35,38)/t23?,24-,25+,31-,32+/m0/s1. The monoisotopic (exact) mass is 539 g/mol. The van der Waals surface area contributed by atoms with Gasteiger partial charge in [0.05, 0.1) is 12.6 Å². The highest BCUT2D eigenvalue weighted by atomic mass is 16.5. The summed E-state index contributed by atoms with van der Waals surface area (Å²) < 4.78 is 5.67. The number of rotatable bonds is 9. The molecule has 2 amide bonds. The predicted octanol–water partition coefficient (Wildman–Crippen LogP) is 4.71. The molecule has 4 rings (SSSR count). The van der Waals surface area contributed by atoms with Crippen molar-refractivity contribution in [2.24, 2.45) is 28.4 Å². The number of ether oxygens (including phenoxy) is 1. The summed E-state index contributed by atoms with van der Waals surface area (Å²) in [7, 11) is 0. The molecule has 4 N–H and O–H groups in total. The number of amides is 2. The van der Waals surface area contributed by atoms with Crippen molar-refractivity contribution in [1.82, 2.24) is 10.6 Å². The van der Waals surface area contributed by atoms with Crippen LogP contribution in [0.4, 0.5) is 0 Å². The van der Waals surface area contributed by atoms with Crippen LogP contribution in [0.15, 0.2) is 12.1 Å². The normalized spacial score (nSPS) is 29.4. The molecule has 1 aromatic carbocycles. The van der Waals surface area contributed by atoms with Crippen molar-refractivity contribution in [3.05, 3.63) is 28.8 Å². The Morgan fingerprint density at radius 1 is 1.05 bits per heavy atom. The van der Waals surface area contributed by atoms with Crippen molar-refractivity contribution < 1.29 is 19.1 Å². The van der Waals surface area contributed by atoms with E-state index in [-0.39, 0.29) is 24.4 Å². The van der Waals surface area contributed by atoms with Gasteiger partial charge in [-0.25, -0.2) is 4.79 Å². The van der Waals surface area contributed by atoms with E-state index in [4.69, 9.17) is 10.5 Å². The maximum absolute atomic E-state index is 12.6. The molecule has 2 fully saturated rings. The molecule has 7 heteroatoms. The lowest BCUT2D eigenvalue weighted by atomic mass is 9.43. The van der Waals surface area contributed by atoms with Gasteiger partial charge in [0.25, 0.3) is 0 Å². The van der Waals surface area contributed by atoms with Crippen LogP contribution in [0.25, 0.3) is 0 Å². The first-order valence-electron chi connectivity index (χ1n) is 15.0. The fraction of sp³-hybridized carbons (Fsp3) is 0.719. The Labute approximate surface area is 234 Å². The van der Waals surface area contributed by atoms with Crippen LogP contribution >= 0.6 is 0 Å². The van der Waals surface area contributed by atoms with E-state index < -0.39 is 17.9 Å². The maximum atomic E-state index is 12.6. The topological polar surface area (TPSA) is 111 Å². The lowest BCUT2D eigenvalue weighted by Gasteiger charge is -2.61. The molecule has 3 aliphatic carbocycles. The molecule has 5 atom stereocenters. The predicted molar refractivity (Wildman–Crippen MR) is 153 cm³/mol. The van der Waals surface area contributed by atoms with Crippen LogP contribution in [-0.2, 0) is 26.2 Å². The molecule has 0 aromatic heterocycles. The Morgan fingerprint density at radius 3 is 2.51 bits per heavy atom. The lowest BCUT2D eigenvalue weighted by Crippen LogP contribution is -2.55. The van der Waals surface area contributed by atoms with Gasteiger partial charge >= 0.3 is 5.97 Å². The Hall–Kier alpha value is -2.41. The Bertz CT molecular complexity index is 1110. The third kappa shape index (κ3) is 5.75. The number of fused-ring (bicyclic) bond motifs is 5. The molecule has 0 bridgehead atoms.